The monoisotopic (exact) mass is 420 g/mol. The quantitative estimate of drug-likeness (QED) is 0.627. The molecule has 2 aromatic rings. The number of benzene rings is 2. The van der Waals surface area contributed by atoms with Crippen molar-refractivity contribution in [3.8, 4) is 5.75 Å². The Morgan fingerprint density at radius 2 is 1.82 bits per heavy atom. The molecule has 1 saturated heterocycles. The first kappa shape index (κ1) is 21.0. The van der Waals surface area contributed by atoms with Crippen LogP contribution in [0.25, 0.3) is 0 Å². The Bertz CT molecular complexity index is 775. The molecule has 0 aromatic heterocycles. The molecule has 28 heavy (non-hydrogen) atoms. The van der Waals surface area contributed by atoms with Crippen molar-refractivity contribution in [3.63, 3.8) is 0 Å². The number of carbonyl (C=O) groups is 1. The van der Waals surface area contributed by atoms with Crippen molar-refractivity contribution in [2.45, 2.75) is 38.1 Å². The van der Waals surface area contributed by atoms with Crippen LogP contribution < -0.4 is 10.1 Å². The molecule has 3 rings (SSSR count). The normalized spacial score (nSPS) is 17.8. The van der Waals surface area contributed by atoms with E-state index in [0.717, 1.165) is 25.1 Å². The number of hydrogen-bond donors (Lipinski definition) is 1. The highest BCUT2D eigenvalue weighted by atomic mass is 35.5. The highest BCUT2D eigenvalue weighted by Gasteiger charge is 2.23. The van der Waals surface area contributed by atoms with Gasteiger partial charge in [0.25, 0.3) is 0 Å². The molecule has 0 saturated carbocycles. The van der Waals surface area contributed by atoms with Crippen LogP contribution in [0.15, 0.2) is 42.5 Å². The second-order valence-corrected chi connectivity index (χ2v) is 7.88. The average molecular weight is 421 g/mol. The SMILES string of the molecule is COc1ccc(C2CCCCCN2CCC(=O)Nc2c(Cl)cccc2Cl)cc1. The molecule has 0 aliphatic carbocycles. The molecule has 1 heterocycles. The Hall–Kier alpha value is -1.75. The van der Waals surface area contributed by atoms with Gasteiger partial charge in [-0.3, -0.25) is 9.69 Å². The lowest BCUT2D eigenvalue weighted by atomic mass is 10.0. The lowest BCUT2D eigenvalue weighted by molar-refractivity contribution is -0.116. The number of halogens is 2. The fourth-order valence-corrected chi connectivity index (χ4v) is 4.20. The van der Waals surface area contributed by atoms with Crippen LogP contribution in [0.2, 0.25) is 10.0 Å². The number of likely N-dealkylation sites (tertiary alicyclic amines) is 1. The summed E-state index contributed by atoms with van der Waals surface area (Å²) in [6, 6.07) is 13.8. The summed E-state index contributed by atoms with van der Waals surface area (Å²) < 4.78 is 5.27. The van der Waals surface area contributed by atoms with Crippen LogP contribution in [0, 0.1) is 0 Å². The maximum atomic E-state index is 12.5. The molecule has 1 atom stereocenters. The van der Waals surface area contributed by atoms with Gasteiger partial charge in [0, 0.05) is 19.0 Å². The molecule has 1 aliphatic heterocycles. The number of carbonyl (C=O) groups excluding carboxylic acids is 1. The minimum Gasteiger partial charge on any atom is -0.497 e. The van der Waals surface area contributed by atoms with Gasteiger partial charge < -0.3 is 10.1 Å². The molecular weight excluding hydrogens is 395 g/mol. The van der Waals surface area contributed by atoms with Crippen molar-refractivity contribution in [1.82, 2.24) is 4.90 Å². The fourth-order valence-electron chi connectivity index (χ4n) is 3.70. The topological polar surface area (TPSA) is 41.6 Å². The number of anilines is 1. The first-order valence-corrected chi connectivity index (χ1v) is 10.5. The zero-order valence-corrected chi connectivity index (χ0v) is 17.6. The Kier molecular flexibility index (Phi) is 7.60. The third kappa shape index (κ3) is 5.40. The number of nitrogens with zero attached hydrogens (tertiary/aromatic N) is 1. The van der Waals surface area contributed by atoms with Gasteiger partial charge in [-0.15, -0.1) is 0 Å². The van der Waals surface area contributed by atoms with Gasteiger partial charge in [-0.1, -0.05) is 54.2 Å². The van der Waals surface area contributed by atoms with Crippen molar-refractivity contribution in [1.29, 1.82) is 0 Å². The fraction of sp³-hybridized carbons (Fsp3) is 0.409. The molecule has 1 aliphatic rings. The van der Waals surface area contributed by atoms with Crippen LogP contribution >= 0.6 is 23.2 Å². The predicted octanol–water partition coefficient (Wildman–Crippen LogP) is 5.95. The van der Waals surface area contributed by atoms with Crippen molar-refractivity contribution in [2.75, 3.05) is 25.5 Å². The van der Waals surface area contributed by atoms with E-state index in [9.17, 15) is 4.79 Å². The maximum Gasteiger partial charge on any atom is 0.225 e. The van der Waals surface area contributed by atoms with Crippen LogP contribution in [0.4, 0.5) is 5.69 Å². The van der Waals surface area contributed by atoms with Crippen LogP contribution in [-0.4, -0.2) is 31.0 Å². The van der Waals surface area contributed by atoms with Gasteiger partial charge in [-0.25, -0.2) is 0 Å². The van der Waals surface area contributed by atoms with E-state index in [1.165, 1.54) is 18.4 Å². The highest BCUT2D eigenvalue weighted by molar-refractivity contribution is 6.39. The minimum atomic E-state index is -0.0762. The maximum absolute atomic E-state index is 12.5. The van der Waals surface area contributed by atoms with E-state index in [0.29, 0.717) is 34.7 Å². The van der Waals surface area contributed by atoms with Crippen LogP contribution in [0.3, 0.4) is 0 Å². The summed E-state index contributed by atoms with van der Waals surface area (Å²) in [5.74, 6) is 0.785. The zero-order valence-electron chi connectivity index (χ0n) is 16.1. The first-order chi connectivity index (χ1) is 13.6. The zero-order chi connectivity index (χ0) is 19.9. The summed E-state index contributed by atoms with van der Waals surface area (Å²) in [6.07, 6.45) is 5.09. The standard InChI is InChI=1S/C22H26Cl2N2O2/c1-28-17-11-9-16(10-12-17)20-8-3-2-4-14-26(20)15-13-21(27)25-22-18(23)6-5-7-19(22)24/h5-7,9-12,20H,2-4,8,13-15H2,1H3,(H,25,27). The van der Waals surface area contributed by atoms with Crippen molar-refractivity contribution >= 4 is 34.8 Å². The van der Waals surface area contributed by atoms with Crippen LogP contribution in [-0.2, 0) is 4.79 Å². The molecule has 0 spiro atoms. The molecular formula is C22H26Cl2N2O2. The second-order valence-electron chi connectivity index (χ2n) is 7.07. The summed E-state index contributed by atoms with van der Waals surface area (Å²) in [7, 11) is 1.68. The summed E-state index contributed by atoms with van der Waals surface area (Å²) in [6.45, 7) is 1.70. The third-order valence-corrected chi connectivity index (χ3v) is 5.85. The van der Waals surface area contributed by atoms with E-state index in [4.69, 9.17) is 27.9 Å². The van der Waals surface area contributed by atoms with E-state index in [2.05, 4.69) is 22.3 Å². The molecule has 4 nitrogen and oxygen atoms in total. The molecule has 2 aromatic carbocycles. The minimum absolute atomic E-state index is 0.0762. The van der Waals surface area contributed by atoms with E-state index in [-0.39, 0.29) is 5.91 Å². The van der Waals surface area contributed by atoms with Crippen molar-refractivity contribution in [2.24, 2.45) is 0 Å². The first-order valence-electron chi connectivity index (χ1n) is 9.70. The molecule has 1 fully saturated rings. The van der Waals surface area contributed by atoms with Gasteiger partial charge in [-0.2, -0.15) is 0 Å². The number of methoxy groups -OCH3 is 1. The number of ether oxygens (including phenoxy) is 1. The van der Waals surface area contributed by atoms with Gasteiger partial charge in [0.05, 0.1) is 22.8 Å². The van der Waals surface area contributed by atoms with Crippen molar-refractivity contribution in [3.05, 3.63) is 58.1 Å². The van der Waals surface area contributed by atoms with E-state index in [1.807, 2.05) is 12.1 Å². The molecule has 6 heteroatoms. The molecule has 1 amide bonds. The van der Waals surface area contributed by atoms with Gasteiger partial charge in [-0.05, 0) is 49.2 Å². The van der Waals surface area contributed by atoms with Gasteiger partial charge >= 0.3 is 0 Å². The van der Waals surface area contributed by atoms with E-state index in [1.54, 1.807) is 25.3 Å². The number of hydrogen-bond acceptors (Lipinski definition) is 3. The predicted molar refractivity (Wildman–Crippen MR) is 115 cm³/mol. The summed E-state index contributed by atoms with van der Waals surface area (Å²) >= 11 is 12.3. The van der Waals surface area contributed by atoms with Gasteiger partial charge in [0.15, 0.2) is 0 Å². The molecule has 0 radical (unpaired) electrons. The van der Waals surface area contributed by atoms with E-state index < -0.39 is 0 Å². The largest absolute Gasteiger partial charge is 0.497 e. The van der Waals surface area contributed by atoms with Crippen molar-refractivity contribution < 1.29 is 9.53 Å². The second kappa shape index (κ2) is 10.1. The lowest BCUT2D eigenvalue weighted by Crippen LogP contribution is -2.32. The van der Waals surface area contributed by atoms with Gasteiger partial charge in [0.2, 0.25) is 5.91 Å². The van der Waals surface area contributed by atoms with Gasteiger partial charge in [0.1, 0.15) is 5.75 Å². The Balaban J connectivity index is 1.65. The number of amides is 1. The Morgan fingerprint density at radius 1 is 1.11 bits per heavy atom. The van der Waals surface area contributed by atoms with Crippen LogP contribution in [0.5, 0.6) is 5.75 Å². The number of rotatable bonds is 6. The smallest absolute Gasteiger partial charge is 0.225 e. The highest BCUT2D eigenvalue weighted by Crippen LogP contribution is 2.32. The molecule has 1 N–H and O–H groups in total. The number of para-hydroxylation sites is 1. The summed E-state index contributed by atoms with van der Waals surface area (Å²) in [5, 5.41) is 3.76. The Morgan fingerprint density at radius 3 is 2.50 bits per heavy atom. The summed E-state index contributed by atoms with van der Waals surface area (Å²) in [5.41, 5.74) is 1.76. The average Bonchev–Trinajstić information content (AvgIpc) is 2.95. The molecule has 150 valence electrons. The summed E-state index contributed by atoms with van der Waals surface area (Å²) in [4.78, 5) is 14.9. The van der Waals surface area contributed by atoms with E-state index >= 15 is 0 Å². The lowest BCUT2D eigenvalue weighted by Gasteiger charge is -2.30. The molecule has 1 unspecified atom stereocenters. The third-order valence-electron chi connectivity index (χ3n) is 5.22. The Labute approximate surface area is 176 Å². The van der Waals surface area contributed by atoms with Crippen LogP contribution in [0.1, 0.15) is 43.7 Å². The molecule has 0 bridgehead atoms. The number of nitrogens with one attached hydrogen (secondary N) is 1.